The van der Waals surface area contributed by atoms with Crippen LogP contribution in [0.2, 0.25) is 5.02 Å². The molecule has 0 atom stereocenters. The van der Waals surface area contributed by atoms with Crippen molar-refractivity contribution in [2.45, 2.75) is 33.2 Å². The van der Waals surface area contributed by atoms with E-state index in [1.54, 1.807) is 30.3 Å². The van der Waals surface area contributed by atoms with Crippen molar-refractivity contribution in [2.75, 3.05) is 18.1 Å². The SMILES string of the molecule is CCCOc1ccc(N2C(=O)C(=O)N(Cc3nc(-c4cccc(Cl)c4)no3)C2=O)cc1OCCC. The van der Waals surface area contributed by atoms with Gasteiger partial charge in [-0.05, 0) is 37.1 Å². The van der Waals surface area contributed by atoms with Crippen LogP contribution in [-0.4, -0.2) is 46.1 Å². The maximum atomic E-state index is 13.1. The van der Waals surface area contributed by atoms with Gasteiger partial charge in [0.1, 0.15) is 6.54 Å². The monoisotopic (exact) mass is 498 g/mol. The molecule has 1 fully saturated rings. The Balaban J connectivity index is 1.55. The van der Waals surface area contributed by atoms with Crippen LogP contribution < -0.4 is 14.4 Å². The Bertz CT molecular complexity index is 1260. The first-order chi connectivity index (χ1) is 16.9. The van der Waals surface area contributed by atoms with Gasteiger partial charge in [0.25, 0.3) is 0 Å². The van der Waals surface area contributed by atoms with Crippen molar-refractivity contribution in [3.8, 4) is 22.9 Å². The van der Waals surface area contributed by atoms with Crippen LogP contribution in [0, 0.1) is 0 Å². The minimum atomic E-state index is -1.00. The molecule has 3 aromatic rings. The molecular formula is C24H23ClN4O6. The lowest BCUT2D eigenvalue weighted by molar-refractivity contribution is -0.139. The molecule has 0 unspecified atom stereocenters. The summed E-state index contributed by atoms with van der Waals surface area (Å²) >= 11 is 6.00. The predicted octanol–water partition coefficient (Wildman–Crippen LogP) is 4.46. The summed E-state index contributed by atoms with van der Waals surface area (Å²) in [6.45, 7) is 4.48. The number of anilines is 1. The van der Waals surface area contributed by atoms with E-state index in [9.17, 15) is 14.4 Å². The van der Waals surface area contributed by atoms with Gasteiger partial charge in [-0.1, -0.05) is 42.7 Å². The molecule has 2 heterocycles. The average Bonchev–Trinajstić information content (AvgIpc) is 3.41. The third-order valence-corrected chi connectivity index (χ3v) is 5.24. The van der Waals surface area contributed by atoms with E-state index in [4.69, 9.17) is 25.6 Å². The topological polar surface area (TPSA) is 115 Å². The first-order valence-electron chi connectivity index (χ1n) is 11.1. The molecule has 0 saturated carbocycles. The van der Waals surface area contributed by atoms with Crippen LogP contribution in [0.25, 0.3) is 11.4 Å². The van der Waals surface area contributed by atoms with E-state index in [1.165, 1.54) is 12.1 Å². The van der Waals surface area contributed by atoms with Crippen molar-refractivity contribution in [3.05, 3.63) is 53.4 Å². The van der Waals surface area contributed by atoms with Crippen molar-refractivity contribution in [1.82, 2.24) is 15.0 Å². The quantitative estimate of drug-likeness (QED) is 0.297. The van der Waals surface area contributed by atoms with Gasteiger partial charge in [-0.2, -0.15) is 4.98 Å². The van der Waals surface area contributed by atoms with Gasteiger partial charge in [-0.15, -0.1) is 0 Å². The van der Waals surface area contributed by atoms with Crippen LogP contribution in [0.15, 0.2) is 47.0 Å². The summed E-state index contributed by atoms with van der Waals surface area (Å²) in [7, 11) is 0. The number of ether oxygens (including phenoxy) is 2. The average molecular weight is 499 g/mol. The number of rotatable bonds is 10. The molecule has 0 bridgehead atoms. The Hall–Kier alpha value is -3.92. The molecule has 0 spiro atoms. The van der Waals surface area contributed by atoms with Crippen LogP contribution in [0.1, 0.15) is 32.6 Å². The normalized spacial score (nSPS) is 13.6. The number of amides is 4. The fourth-order valence-electron chi connectivity index (χ4n) is 3.36. The molecule has 1 aromatic heterocycles. The third-order valence-electron chi connectivity index (χ3n) is 5.01. The van der Waals surface area contributed by atoms with Gasteiger partial charge >= 0.3 is 17.8 Å². The van der Waals surface area contributed by atoms with E-state index in [2.05, 4.69) is 10.1 Å². The molecule has 11 heteroatoms. The van der Waals surface area contributed by atoms with Crippen molar-refractivity contribution in [1.29, 1.82) is 0 Å². The first kappa shape index (κ1) is 24.2. The summed E-state index contributed by atoms with van der Waals surface area (Å²) in [6, 6.07) is 10.6. The lowest BCUT2D eigenvalue weighted by Crippen LogP contribution is -2.33. The van der Waals surface area contributed by atoms with Gasteiger partial charge in [0, 0.05) is 16.7 Å². The highest BCUT2D eigenvalue weighted by Crippen LogP contribution is 2.34. The number of halogens is 1. The van der Waals surface area contributed by atoms with Gasteiger partial charge in [0.05, 0.1) is 18.9 Å². The summed E-state index contributed by atoms with van der Waals surface area (Å²) in [5.74, 6) is -0.886. The molecule has 0 N–H and O–H groups in total. The molecule has 1 aliphatic rings. The number of benzene rings is 2. The van der Waals surface area contributed by atoms with E-state index < -0.39 is 17.8 Å². The first-order valence-corrected chi connectivity index (χ1v) is 11.5. The minimum Gasteiger partial charge on any atom is -0.490 e. The predicted molar refractivity (Wildman–Crippen MR) is 126 cm³/mol. The van der Waals surface area contributed by atoms with Gasteiger partial charge in [0.15, 0.2) is 11.5 Å². The second kappa shape index (κ2) is 10.6. The van der Waals surface area contributed by atoms with Gasteiger partial charge in [-0.3, -0.25) is 9.59 Å². The van der Waals surface area contributed by atoms with E-state index in [1.807, 2.05) is 13.8 Å². The van der Waals surface area contributed by atoms with E-state index in [0.29, 0.717) is 35.3 Å². The number of imide groups is 2. The number of carbonyl (C=O) groups is 3. The number of urea groups is 1. The van der Waals surface area contributed by atoms with Crippen molar-refractivity contribution < 1.29 is 28.4 Å². The number of nitrogens with zero attached hydrogens (tertiary/aromatic N) is 4. The van der Waals surface area contributed by atoms with Gasteiger partial charge < -0.3 is 14.0 Å². The third kappa shape index (κ3) is 5.12. The van der Waals surface area contributed by atoms with Crippen molar-refractivity contribution in [2.24, 2.45) is 0 Å². The smallest absolute Gasteiger partial charge is 0.339 e. The van der Waals surface area contributed by atoms with Crippen LogP contribution in [0.3, 0.4) is 0 Å². The second-order valence-corrected chi connectivity index (χ2v) is 8.10. The Morgan fingerprint density at radius 1 is 0.943 bits per heavy atom. The van der Waals surface area contributed by atoms with Crippen LogP contribution in [0.5, 0.6) is 11.5 Å². The summed E-state index contributed by atoms with van der Waals surface area (Å²) in [4.78, 5) is 44.2. The molecule has 1 saturated heterocycles. The standard InChI is InChI=1S/C24H23ClN4O6/c1-3-10-33-18-9-8-17(13-19(18)34-11-4-2)29-23(31)22(30)28(24(29)32)14-20-26-21(27-35-20)15-6-5-7-16(25)12-15/h5-9,12-13H,3-4,10-11,14H2,1-2H3. The fraction of sp³-hybridized carbons (Fsp3) is 0.292. The molecule has 0 radical (unpaired) electrons. The minimum absolute atomic E-state index is 0.00777. The molecule has 10 nitrogen and oxygen atoms in total. The number of aromatic nitrogens is 2. The van der Waals surface area contributed by atoms with Crippen LogP contribution in [0.4, 0.5) is 10.5 Å². The second-order valence-electron chi connectivity index (χ2n) is 7.66. The molecule has 2 aromatic carbocycles. The fourth-order valence-corrected chi connectivity index (χ4v) is 3.55. The lowest BCUT2D eigenvalue weighted by atomic mass is 10.2. The summed E-state index contributed by atoms with van der Waals surface area (Å²) in [5, 5.41) is 4.36. The van der Waals surface area contributed by atoms with Crippen LogP contribution in [-0.2, 0) is 16.1 Å². The van der Waals surface area contributed by atoms with E-state index in [0.717, 1.165) is 22.6 Å². The molecule has 0 aliphatic carbocycles. The molecular weight excluding hydrogens is 476 g/mol. The number of carbonyl (C=O) groups excluding carboxylic acids is 3. The summed E-state index contributed by atoms with van der Waals surface area (Å²) < 4.78 is 16.6. The Labute approximate surface area is 206 Å². The Morgan fingerprint density at radius 2 is 1.69 bits per heavy atom. The van der Waals surface area contributed by atoms with Gasteiger partial charge in [0.2, 0.25) is 11.7 Å². The van der Waals surface area contributed by atoms with E-state index >= 15 is 0 Å². The highest BCUT2D eigenvalue weighted by atomic mass is 35.5. The Morgan fingerprint density at radius 3 is 2.40 bits per heavy atom. The number of hydrogen-bond donors (Lipinski definition) is 0. The molecule has 182 valence electrons. The zero-order valence-electron chi connectivity index (χ0n) is 19.2. The van der Waals surface area contributed by atoms with Crippen molar-refractivity contribution in [3.63, 3.8) is 0 Å². The Kier molecular flexibility index (Phi) is 7.31. The maximum absolute atomic E-state index is 13.1. The molecule has 1 aliphatic heterocycles. The maximum Gasteiger partial charge on any atom is 0.339 e. The summed E-state index contributed by atoms with van der Waals surface area (Å²) in [5.41, 5.74) is 0.796. The number of hydrogen-bond acceptors (Lipinski definition) is 8. The zero-order chi connectivity index (χ0) is 24.9. The highest BCUT2D eigenvalue weighted by molar-refractivity contribution is 6.52. The van der Waals surface area contributed by atoms with Gasteiger partial charge in [-0.25, -0.2) is 14.6 Å². The molecule has 4 rings (SSSR count). The zero-order valence-corrected chi connectivity index (χ0v) is 19.9. The largest absolute Gasteiger partial charge is 0.490 e. The molecule has 4 amide bonds. The summed E-state index contributed by atoms with van der Waals surface area (Å²) in [6.07, 6.45) is 1.56. The molecule has 35 heavy (non-hydrogen) atoms. The van der Waals surface area contributed by atoms with Crippen LogP contribution >= 0.6 is 11.6 Å². The lowest BCUT2D eigenvalue weighted by Gasteiger charge is -2.17. The van der Waals surface area contributed by atoms with E-state index in [-0.39, 0.29) is 23.9 Å². The highest BCUT2D eigenvalue weighted by Gasteiger charge is 2.46. The van der Waals surface area contributed by atoms with Crippen molar-refractivity contribution >= 4 is 35.1 Å².